The minimum atomic E-state index is 0.188. The summed E-state index contributed by atoms with van der Waals surface area (Å²) in [5, 5.41) is 3.54. The molecule has 0 unspecified atom stereocenters. The molecule has 1 heterocycles. The van der Waals surface area contributed by atoms with E-state index in [1.165, 1.54) is 23.4 Å². The minimum absolute atomic E-state index is 0.188. The summed E-state index contributed by atoms with van der Waals surface area (Å²) < 4.78 is 2.37. The van der Waals surface area contributed by atoms with Crippen LogP contribution in [0.5, 0.6) is 0 Å². The molecule has 0 radical (unpaired) electrons. The molecule has 0 bridgehead atoms. The second-order valence-corrected chi connectivity index (χ2v) is 6.56. The quantitative estimate of drug-likeness (QED) is 0.783. The van der Waals surface area contributed by atoms with Crippen LogP contribution in [-0.2, 0) is 13.1 Å². The van der Waals surface area contributed by atoms with E-state index in [1.807, 2.05) is 11.8 Å². The van der Waals surface area contributed by atoms with E-state index in [0.29, 0.717) is 0 Å². The zero-order valence-corrected chi connectivity index (χ0v) is 12.7. The molecule has 1 aromatic rings. The fraction of sp³-hybridized carbons (Fsp3) is 0.714. The van der Waals surface area contributed by atoms with Crippen molar-refractivity contribution in [3.8, 4) is 0 Å². The van der Waals surface area contributed by atoms with Gasteiger partial charge >= 0.3 is 0 Å². The third-order valence-electron chi connectivity index (χ3n) is 2.91. The van der Waals surface area contributed by atoms with Crippen molar-refractivity contribution in [3.63, 3.8) is 0 Å². The Labute approximate surface area is 110 Å². The molecular formula is C14H26N2S. The number of hydrogen-bond acceptors (Lipinski definition) is 2. The van der Waals surface area contributed by atoms with Gasteiger partial charge in [0.25, 0.3) is 0 Å². The first-order chi connectivity index (χ1) is 7.94. The van der Waals surface area contributed by atoms with Crippen LogP contribution in [-0.4, -0.2) is 22.1 Å². The second kappa shape index (κ2) is 6.50. The van der Waals surface area contributed by atoms with Gasteiger partial charge in [0, 0.05) is 30.5 Å². The van der Waals surface area contributed by atoms with E-state index in [1.54, 1.807) is 0 Å². The van der Waals surface area contributed by atoms with Crippen molar-refractivity contribution in [1.82, 2.24) is 9.88 Å². The molecule has 1 N–H and O–H groups in total. The Kier molecular flexibility index (Phi) is 5.60. The van der Waals surface area contributed by atoms with Crippen LogP contribution in [0.3, 0.4) is 0 Å². The number of nitrogens with one attached hydrogen (secondary N) is 1. The first-order valence-electron chi connectivity index (χ1n) is 6.32. The van der Waals surface area contributed by atoms with Crippen molar-refractivity contribution in [2.75, 3.05) is 12.0 Å². The van der Waals surface area contributed by atoms with Crippen LogP contribution in [0.4, 0.5) is 0 Å². The van der Waals surface area contributed by atoms with E-state index >= 15 is 0 Å². The van der Waals surface area contributed by atoms with Crippen LogP contribution in [0.1, 0.15) is 38.4 Å². The van der Waals surface area contributed by atoms with Crippen molar-refractivity contribution < 1.29 is 0 Å². The van der Waals surface area contributed by atoms with Gasteiger partial charge in [0.2, 0.25) is 0 Å². The van der Waals surface area contributed by atoms with Gasteiger partial charge < -0.3 is 9.88 Å². The fourth-order valence-electron chi connectivity index (χ4n) is 1.77. The predicted octanol–water partition coefficient (Wildman–Crippen LogP) is 3.44. The van der Waals surface area contributed by atoms with Crippen molar-refractivity contribution in [3.05, 3.63) is 23.5 Å². The average Bonchev–Trinajstić information content (AvgIpc) is 2.57. The standard InChI is InChI=1S/C14H26N2S/c1-12-13(11-15-14(2,3)4)7-9-16(12)8-6-10-17-5/h7,9,15H,6,8,10-11H2,1-5H3. The normalized spacial score (nSPS) is 12.1. The lowest BCUT2D eigenvalue weighted by Crippen LogP contribution is -2.35. The van der Waals surface area contributed by atoms with Crippen molar-refractivity contribution >= 4 is 11.8 Å². The van der Waals surface area contributed by atoms with Gasteiger partial charge in [-0.1, -0.05) is 0 Å². The maximum Gasteiger partial charge on any atom is 0.0230 e. The lowest BCUT2D eigenvalue weighted by Gasteiger charge is -2.20. The van der Waals surface area contributed by atoms with Gasteiger partial charge in [-0.15, -0.1) is 0 Å². The summed E-state index contributed by atoms with van der Waals surface area (Å²) in [6.07, 6.45) is 5.64. The van der Waals surface area contributed by atoms with E-state index in [4.69, 9.17) is 0 Å². The number of aryl methyl sites for hydroxylation is 1. The monoisotopic (exact) mass is 254 g/mol. The molecule has 0 saturated carbocycles. The zero-order chi connectivity index (χ0) is 12.9. The highest BCUT2D eigenvalue weighted by Gasteiger charge is 2.10. The zero-order valence-electron chi connectivity index (χ0n) is 11.8. The smallest absolute Gasteiger partial charge is 0.0230 e. The molecule has 2 nitrogen and oxygen atoms in total. The third-order valence-corrected chi connectivity index (χ3v) is 3.60. The van der Waals surface area contributed by atoms with E-state index in [0.717, 1.165) is 13.1 Å². The number of rotatable bonds is 6. The van der Waals surface area contributed by atoms with Gasteiger partial charge in [-0.3, -0.25) is 0 Å². The van der Waals surface area contributed by atoms with Gasteiger partial charge in [0.05, 0.1) is 0 Å². The number of aromatic nitrogens is 1. The Morgan fingerprint density at radius 3 is 2.65 bits per heavy atom. The van der Waals surface area contributed by atoms with Crippen LogP contribution < -0.4 is 5.32 Å². The van der Waals surface area contributed by atoms with Crippen LogP contribution in [0.15, 0.2) is 12.3 Å². The van der Waals surface area contributed by atoms with Gasteiger partial charge in [-0.05, 0) is 57.8 Å². The molecule has 0 amide bonds. The summed E-state index contributed by atoms with van der Waals surface area (Å²) in [6.45, 7) is 10.9. The van der Waals surface area contributed by atoms with Crippen molar-refractivity contribution in [1.29, 1.82) is 0 Å². The van der Waals surface area contributed by atoms with Crippen LogP contribution in [0, 0.1) is 6.92 Å². The van der Waals surface area contributed by atoms with Gasteiger partial charge in [0.15, 0.2) is 0 Å². The molecule has 1 aromatic heterocycles. The third kappa shape index (κ3) is 5.17. The second-order valence-electron chi connectivity index (χ2n) is 5.57. The summed E-state index contributed by atoms with van der Waals surface area (Å²) in [5.41, 5.74) is 3.01. The highest BCUT2D eigenvalue weighted by Crippen LogP contribution is 2.12. The molecule has 17 heavy (non-hydrogen) atoms. The minimum Gasteiger partial charge on any atom is -0.351 e. The molecule has 0 aromatic carbocycles. The Balaban J connectivity index is 2.52. The molecule has 98 valence electrons. The largest absolute Gasteiger partial charge is 0.351 e. The highest BCUT2D eigenvalue weighted by atomic mass is 32.2. The van der Waals surface area contributed by atoms with E-state index in [-0.39, 0.29) is 5.54 Å². The number of hydrogen-bond donors (Lipinski definition) is 1. The Bertz CT molecular complexity index is 336. The molecule has 0 aliphatic heterocycles. The van der Waals surface area contributed by atoms with Gasteiger partial charge in [-0.2, -0.15) is 11.8 Å². The lowest BCUT2D eigenvalue weighted by molar-refractivity contribution is 0.423. The number of thioether (sulfide) groups is 1. The van der Waals surface area contributed by atoms with Crippen LogP contribution >= 0.6 is 11.8 Å². The van der Waals surface area contributed by atoms with E-state index < -0.39 is 0 Å². The number of nitrogens with zero attached hydrogens (tertiary/aromatic N) is 1. The maximum atomic E-state index is 3.54. The lowest BCUT2D eigenvalue weighted by atomic mass is 10.1. The Morgan fingerprint density at radius 1 is 1.35 bits per heavy atom. The summed E-state index contributed by atoms with van der Waals surface area (Å²) in [6, 6.07) is 2.24. The molecule has 0 atom stereocenters. The predicted molar refractivity (Wildman–Crippen MR) is 78.8 cm³/mol. The first kappa shape index (κ1) is 14.7. The molecule has 1 rings (SSSR count). The fourth-order valence-corrected chi connectivity index (χ4v) is 2.18. The molecule has 0 aliphatic carbocycles. The molecule has 0 saturated heterocycles. The maximum absolute atomic E-state index is 3.54. The van der Waals surface area contributed by atoms with Crippen LogP contribution in [0.2, 0.25) is 0 Å². The summed E-state index contributed by atoms with van der Waals surface area (Å²) in [5.74, 6) is 1.24. The van der Waals surface area contributed by atoms with Gasteiger partial charge in [-0.25, -0.2) is 0 Å². The van der Waals surface area contributed by atoms with E-state index in [9.17, 15) is 0 Å². The van der Waals surface area contributed by atoms with Gasteiger partial charge in [0.1, 0.15) is 0 Å². The van der Waals surface area contributed by atoms with Crippen molar-refractivity contribution in [2.24, 2.45) is 0 Å². The SMILES string of the molecule is CSCCCn1ccc(CNC(C)(C)C)c1C. The Hall–Kier alpha value is -0.410. The summed E-state index contributed by atoms with van der Waals surface area (Å²) >= 11 is 1.92. The Morgan fingerprint density at radius 2 is 2.06 bits per heavy atom. The molecule has 3 heteroatoms. The summed E-state index contributed by atoms with van der Waals surface area (Å²) in [7, 11) is 0. The summed E-state index contributed by atoms with van der Waals surface area (Å²) in [4.78, 5) is 0. The molecule has 0 aliphatic rings. The molecule has 0 spiro atoms. The topological polar surface area (TPSA) is 17.0 Å². The average molecular weight is 254 g/mol. The van der Waals surface area contributed by atoms with Crippen LogP contribution in [0.25, 0.3) is 0 Å². The van der Waals surface area contributed by atoms with Crippen molar-refractivity contribution in [2.45, 2.75) is 52.7 Å². The molecule has 0 fully saturated rings. The first-order valence-corrected chi connectivity index (χ1v) is 7.72. The molecular weight excluding hydrogens is 228 g/mol. The highest BCUT2D eigenvalue weighted by molar-refractivity contribution is 7.98. The van der Waals surface area contributed by atoms with E-state index in [2.05, 4.69) is 56.1 Å².